The standard InChI is InChI=1S/C27H36N2OS/c1-3-5-7-8-9-10-12-22-13-15-23(16-14-22)26-28-29-27(31-26)24-17-19-25(20-18-24)30-21-11-6-4-2/h13-20H,3-12,21H2,1-2H3. The van der Waals surface area contributed by atoms with E-state index in [0.717, 1.165) is 39.9 Å². The topological polar surface area (TPSA) is 35.0 Å². The van der Waals surface area contributed by atoms with Crippen molar-refractivity contribution in [3.8, 4) is 26.9 Å². The van der Waals surface area contributed by atoms with Gasteiger partial charge in [-0.1, -0.05) is 94.4 Å². The second-order valence-corrected chi connectivity index (χ2v) is 9.18. The van der Waals surface area contributed by atoms with Crippen molar-refractivity contribution in [1.29, 1.82) is 0 Å². The third-order valence-electron chi connectivity index (χ3n) is 5.56. The molecule has 0 amide bonds. The van der Waals surface area contributed by atoms with Crippen LogP contribution in [0.1, 0.15) is 77.2 Å². The lowest BCUT2D eigenvalue weighted by molar-refractivity contribution is 0.306. The lowest BCUT2D eigenvalue weighted by atomic mass is 10.0. The maximum Gasteiger partial charge on any atom is 0.148 e. The maximum atomic E-state index is 5.80. The number of hydrogen-bond donors (Lipinski definition) is 0. The molecule has 31 heavy (non-hydrogen) atoms. The molecule has 3 nitrogen and oxygen atoms in total. The summed E-state index contributed by atoms with van der Waals surface area (Å²) in [6, 6.07) is 17.1. The first-order valence-corrected chi connectivity index (χ1v) is 12.8. The minimum absolute atomic E-state index is 0.783. The largest absolute Gasteiger partial charge is 0.494 e. The maximum absolute atomic E-state index is 5.80. The lowest BCUT2D eigenvalue weighted by Crippen LogP contribution is -1.96. The van der Waals surface area contributed by atoms with Crippen molar-refractivity contribution in [2.75, 3.05) is 6.61 Å². The Morgan fingerprint density at radius 1 is 0.645 bits per heavy atom. The number of rotatable bonds is 14. The molecule has 4 heteroatoms. The first-order valence-electron chi connectivity index (χ1n) is 12.0. The second-order valence-electron chi connectivity index (χ2n) is 8.21. The highest BCUT2D eigenvalue weighted by atomic mass is 32.1. The molecular formula is C27H36N2OS. The van der Waals surface area contributed by atoms with Crippen molar-refractivity contribution in [3.63, 3.8) is 0 Å². The average Bonchev–Trinajstić information content (AvgIpc) is 3.30. The van der Waals surface area contributed by atoms with Crippen molar-refractivity contribution in [1.82, 2.24) is 10.2 Å². The van der Waals surface area contributed by atoms with Crippen LogP contribution in [0.3, 0.4) is 0 Å². The molecule has 0 atom stereocenters. The summed E-state index contributed by atoms with van der Waals surface area (Å²) in [5.41, 5.74) is 3.65. The lowest BCUT2D eigenvalue weighted by Gasteiger charge is -2.05. The number of ether oxygens (including phenoxy) is 1. The minimum Gasteiger partial charge on any atom is -0.494 e. The van der Waals surface area contributed by atoms with Gasteiger partial charge in [-0.05, 0) is 49.1 Å². The van der Waals surface area contributed by atoms with Crippen molar-refractivity contribution in [2.45, 2.75) is 78.1 Å². The van der Waals surface area contributed by atoms with E-state index in [9.17, 15) is 0 Å². The Labute approximate surface area is 191 Å². The van der Waals surface area contributed by atoms with Gasteiger partial charge in [0.15, 0.2) is 0 Å². The molecule has 3 aromatic rings. The average molecular weight is 437 g/mol. The van der Waals surface area contributed by atoms with Crippen LogP contribution < -0.4 is 4.74 Å². The number of aromatic nitrogens is 2. The molecule has 0 spiro atoms. The molecule has 3 rings (SSSR count). The SMILES string of the molecule is CCCCCCCCc1ccc(-c2nnc(-c3ccc(OCCCCC)cc3)s2)cc1. The van der Waals surface area contributed by atoms with E-state index in [1.165, 1.54) is 63.4 Å². The Kier molecular flexibility index (Phi) is 10.0. The van der Waals surface area contributed by atoms with E-state index in [4.69, 9.17) is 4.74 Å². The van der Waals surface area contributed by atoms with Gasteiger partial charge in [0, 0.05) is 11.1 Å². The zero-order valence-corrected chi connectivity index (χ0v) is 19.9. The van der Waals surface area contributed by atoms with Crippen molar-refractivity contribution < 1.29 is 4.74 Å². The number of benzene rings is 2. The molecule has 1 heterocycles. The first-order chi connectivity index (χ1) is 15.3. The summed E-state index contributed by atoms with van der Waals surface area (Å²) >= 11 is 1.64. The molecule has 0 radical (unpaired) electrons. The summed E-state index contributed by atoms with van der Waals surface area (Å²) in [6.07, 6.45) is 12.7. The molecule has 1 aromatic heterocycles. The van der Waals surface area contributed by atoms with Gasteiger partial charge < -0.3 is 4.74 Å². The second kappa shape index (κ2) is 13.3. The summed E-state index contributed by atoms with van der Waals surface area (Å²) in [4.78, 5) is 0. The fourth-order valence-electron chi connectivity index (χ4n) is 3.62. The van der Waals surface area contributed by atoms with Crippen LogP contribution in [0.5, 0.6) is 5.75 Å². The molecule has 0 fully saturated rings. The normalized spacial score (nSPS) is 11.0. The summed E-state index contributed by atoms with van der Waals surface area (Å²) in [6.45, 7) is 5.25. The molecule has 2 aromatic carbocycles. The van der Waals surface area contributed by atoms with E-state index in [2.05, 4.69) is 60.4 Å². The molecule has 0 aliphatic rings. The minimum atomic E-state index is 0.783. The van der Waals surface area contributed by atoms with Gasteiger partial charge in [0.05, 0.1) is 6.61 Å². The molecule has 0 saturated carbocycles. The zero-order valence-electron chi connectivity index (χ0n) is 19.1. The van der Waals surface area contributed by atoms with Crippen LogP contribution in [0.4, 0.5) is 0 Å². The highest BCUT2D eigenvalue weighted by molar-refractivity contribution is 7.17. The quantitative estimate of drug-likeness (QED) is 0.238. The highest BCUT2D eigenvalue weighted by Gasteiger charge is 2.09. The van der Waals surface area contributed by atoms with Gasteiger partial charge in [-0.3, -0.25) is 0 Å². The fourth-order valence-corrected chi connectivity index (χ4v) is 4.47. The van der Waals surface area contributed by atoms with Gasteiger partial charge in [0.25, 0.3) is 0 Å². The number of unbranched alkanes of at least 4 members (excludes halogenated alkanes) is 7. The predicted octanol–water partition coefficient (Wildman–Crippen LogP) is 8.34. The smallest absolute Gasteiger partial charge is 0.148 e. The van der Waals surface area contributed by atoms with Gasteiger partial charge in [-0.15, -0.1) is 10.2 Å². The number of aryl methyl sites for hydroxylation is 1. The van der Waals surface area contributed by atoms with Crippen molar-refractivity contribution in [2.24, 2.45) is 0 Å². The van der Waals surface area contributed by atoms with Crippen LogP contribution in [0.15, 0.2) is 48.5 Å². The molecular weight excluding hydrogens is 400 g/mol. The third-order valence-corrected chi connectivity index (χ3v) is 6.58. The predicted molar refractivity (Wildman–Crippen MR) is 133 cm³/mol. The van der Waals surface area contributed by atoms with Crippen LogP contribution in [0.25, 0.3) is 21.1 Å². The first kappa shape index (κ1) is 23.5. The van der Waals surface area contributed by atoms with E-state index in [-0.39, 0.29) is 0 Å². The van der Waals surface area contributed by atoms with E-state index in [1.807, 2.05) is 12.1 Å². The third kappa shape index (κ3) is 7.77. The van der Waals surface area contributed by atoms with Crippen LogP contribution >= 0.6 is 11.3 Å². The van der Waals surface area contributed by atoms with Crippen molar-refractivity contribution >= 4 is 11.3 Å². The van der Waals surface area contributed by atoms with Crippen LogP contribution in [0.2, 0.25) is 0 Å². The molecule has 0 N–H and O–H groups in total. The van der Waals surface area contributed by atoms with Gasteiger partial charge in [0.2, 0.25) is 0 Å². The Hall–Kier alpha value is -2.20. The Bertz CT molecular complexity index is 871. The molecule has 0 unspecified atom stereocenters. The van der Waals surface area contributed by atoms with Gasteiger partial charge >= 0.3 is 0 Å². The highest BCUT2D eigenvalue weighted by Crippen LogP contribution is 2.31. The summed E-state index contributed by atoms with van der Waals surface area (Å²) in [5, 5.41) is 10.8. The van der Waals surface area contributed by atoms with Gasteiger partial charge in [-0.2, -0.15) is 0 Å². The Morgan fingerprint density at radius 3 is 1.84 bits per heavy atom. The number of hydrogen-bond acceptors (Lipinski definition) is 4. The van der Waals surface area contributed by atoms with Crippen LogP contribution in [-0.2, 0) is 6.42 Å². The zero-order chi connectivity index (χ0) is 21.7. The number of nitrogens with zero attached hydrogens (tertiary/aromatic N) is 2. The fraction of sp³-hybridized carbons (Fsp3) is 0.481. The van der Waals surface area contributed by atoms with Crippen LogP contribution in [0, 0.1) is 0 Å². The molecule has 0 aliphatic carbocycles. The monoisotopic (exact) mass is 436 g/mol. The van der Waals surface area contributed by atoms with E-state index < -0.39 is 0 Å². The van der Waals surface area contributed by atoms with Crippen molar-refractivity contribution in [3.05, 3.63) is 54.1 Å². The summed E-state index contributed by atoms with van der Waals surface area (Å²) in [7, 11) is 0. The van der Waals surface area contributed by atoms with Crippen LogP contribution in [-0.4, -0.2) is 16.8 Å². The van der Waals surface area contributed by atoms with E-state index in [1.54, 1.807) is 11.3 Å². The Morgan fingerprint density at radius 2 is 1.19 bits per heavy atom. The summed E-state index contributed by atoms with van der Waals surface area (Å²) < 4.78 is 5.80. The molecule has 0 bridgehead atoms. The summed E-state index contributed by atoms with van der Waals surface area (Å²) in [5.74, 6) is 0.922. The molecule has 0 saturated heterocycles. The Balaban J connectivity index is 1.51. The van der Waals surface area contributed by atoms with Gasteiger partial charge in [0.1, 0.15) is 15.8 Å². The van der Waals surface area contributed by atoms with E-state index >= 15 is 0 Å². The van der Waals surface area contributed by atoms with E-state index in [0.29, 0.717) is 0 Å². The molecule has 0 aliphatic heterocycles. The van der Waals surface area contributed by atoms with Gasteiger partial charge in [-0.25, -0.2) is 0 Å². The molecule has 166 valence electrons.